The van der Waals surface area contributed by atoms with Gasteiger partial charge in [-0.1, -0.05) is 0 Å². The quantitative estimate of drug-likeness (QED) is 0.450. The standard InChI is InChI=1S/C18H31N5O2S/c1-13-12-26-15(21-13)8-6-7-9-20-16(19-5)22-14-10-23(11-14)17(24)25-18(2,3)4/h12,14H,6-11H2,1-5H3,(H2,19,20,22). The smallest absolute Gasteiger partial charge is 0.410 e. The number of likely N-dealkylation sites (tertiary alicyclic amines) is 1. The molecule has 0 bridgehead atoms. The number of amides is 1. The molecule has 2 rings (SSSR count). The summed E-state index contributed by atoms with van der Waals surface area (Å²) in [5.41, 5.74) is 0.651. The van der Waals surface area contributed by atoms with Gasteiger partial charge >= 0.3 is 6.09 Å². The average Bonchev–Trinajstić information content (AvgIpc) is 2.91. The van der Waals surface area contributed by atoms with Crippen molar-refractivity contribution in [3.05, 3.63) is 16.1 Å². The maximum atomic E-state index is 11.9. The average molecular weight is 382 g/mol. The maximum absolute atomic E-state index is 11.9. The number of ether oxygens (including phenoxy) is 1. The van der Waals surface area contributed by atoms with Crippen LogP contribution >= 0.6 is 11.3 Å². The predicted octanol–water partition coefficient (Wildman–Crippen LogP) is 2.56. The number of unbranched alkanes of at least 4 members (excludes halogenated alkanes) is 1. The van der Waals surface area contributed by atoms with Crippen molar-refractivity contribution in [2.24, 2.45) is 4.99 Å². The second kappa shape index (κ2) is 9.21. The Morgan fingerprint density at radius 1 is 1.42 bits per heavy atom. The number of aromatic nitrogens is 1. The third kappa shape index (κ3) is 6.82. The Labute approximate surface area is 160 Å². The lowest BCUT2D eigenvalue weighted by Gasteiger charge is -2.40. The molecule has 1 aliphatic rings. The number of nitrogens with one attached hydrogen (secondary N) is 2. The van der Waals surface area contributed by atoms with Crippen molar-refractivity contribution in [3.63, 3.8) is 0 Å². The van der Waals surface area contributed by atoms with Crippen LogP contribution < -0.4 is 10.6 Å². The summed E-state index contributed by atoms with van der Waals surface area (Å²) >= 11 is 1.73. The van der Waals surface area contributed by atoms with Gasteiger partial charge in [-0.2, -0.15) is 0 Å². The summed E-state index contributed by atoms with van der Waals surface area (Å²) in [5, 5.41) is 9.98. The van der Waals surface area contributed by atoms with Crippen molar-refractivity contribution in [2.75, 3.05) is 26.7 Å². The highest BCUT2D eigenvalue weighted by Gasteiger charge is 2.34. The van der Waals surface area contributed by atoms with Crippen LogP contribution in [0.15, 0.2) is 10.4 Å². The molecular weight excluding hydrogens is 350 g/mol. The van der Waals surface area contributed by atoms with Crippen LogP contribution in [0.4, 0.5) is 4.79 Å². The first-order valence-corrected chi connectivity index (χ1v) is 10.0. The summed E-state index contributed by atoms with van der Waals surface area (Å²) in [6, 6.07) is 0.215. The molecule has 1 aromatic heterocycles. The van der Waals surface area contributed by atoms with E-state index in [0.717, 1.165) is 37.5 Å². The zero-order chi connectivity index (χ0) is 19.2. The number of guanidine groups is 1. The van der Waals surface area contributed by atoms with Crippen LogP contribution in [-0.4, -0.2) is 60.3 Å². The third-order valence-electron chi connectivity index (χ3n) is 3.87. The molecule has 2 N–H and O–H groups in total. The van der Waals surface area contributed by atoms with Crippen molar-refractivity contribution >= 4 is 23.4 Å². The Hall–Kier alpha value is -1.83. The molecule has 0 atom stereocenters. The van der Waals surface area contributed by atoms with E-state index in [-0.39, 0.29) is 12.1 Å². The van der Waals surface area contributed by atoms with E-state index in [9.17, 15) is 4.79 Å². The number of aryl methyl sites for hydroxylation is 2. The van der Waals surface area contributed by atoms with Crippen LogP contribution in [0.25, 0.3) is 0 Å². The van der Waals surface area contributed by atoms with Gasteiger partial charge < -0.3 is 20.3 Å². The zero-order valence-corrected chi connectivity index (χ0v) is 17.3. The van der Waals surface area contributed by atoms with Gasteiger partial charge in [-0.15, -0.1) is 11.3 Å². The summed E-state index contributed by atoms with van der Waals surface area (Å²) in [4.78, 5) is 22.4. The summed E-state index contributed by atoms with van der Waals surface area (Å²) in [6.07, 6.45) is 2.94. The van der Waals surface area contributed by atoms with E-state index in [4.69, 9.17) is 4.74 Å². The summed E-state index contributed by atoms with van der Waals surface area (Å²) in [5.74, 6) is 0.781. The maximum Gasteiger partial charge on any atom is 0.410 e. The first-order chi connectivity index (χ1) is 12.3. The first kappa shape index (κ1) is 20.5. The van der Waals surface area contributed by atoms with Crippen LogP contribution in [0.1, 0.15) is 44.3 Å². The number of carbonyl (C=O) groups is 1. The van der Waals surface area contributed by atoms with Gasteiger partial charge in [0.25, 0.3) is 0 Å². The lowest BCUT2D eigenvalue weighted by molar-refractivity contribution is 0.00701. The lowest BCUT2D eigenvalue weighted by atomic mass is 10.1. The van der Waals surface area contributed by atoms with Crippen molar-refractivity contribution in [1.82, 2.24) is 20.5 Å². The Balaban J connectivity index is 1.58. The van der Waals surface area contributed by atoms with E-state index in [2.05, 4.69) is 26.0 Å². The van der Waals surface area contributed by atoms with Gasteiger partial charge in [-0.3, -0.25) is 4.99 Å². The van der Waals surface area contributed by atoms with E-state index in [1.54, 1.807) is 23.3 Å². The fraction of sp³-hybridized carbons (Fsp3) is 0.722. The van der Waals surface area contributed by atoms with Gasteiger partial charge in [-0.25, -0.2) is 9.78 Å². The fourth-order valence-electron chi connectivity index (χ4n) is 2.56. The molecule has 1 aliphatic heterocycles. The van der Waals surface area contributed by atoms with Crippen molar-refractivity contribution in [3.8, 4) is 0 Å². The molecule has 7 nitrogen and oxygen atoms in total. The molecule has 1 amide bonds. The second-order valence-electron chi connectivity index (χ2n) is 7.57. The number of rotatable bonds is 6. The van der Waals surface area contributed by atoms with E-state index < -0.39 is 5.60 Å². The van der Waals surface area contributed by atoms with E-state index in [1.165, 1.54) is 5.01 Å². The molecule has 2 heterocycles. The molecule has 8 heteroatoms. The van der Waals surface area contributed by atoms with Gasteiger partial charge in [0, 0.05) is 37.8 Å². The highest BCUT2D eigenvalue weighted by molar-refractivity contribution is 7.09. The van der Waals surface area contributed by atoms with Gasteiger partial charge in [0.15, 0.2) is 5.96 Å². The lowest BCUT2D eigenvalue weighted by Crippen LogP contribution is -2.63. The Morgan fingerprint density at radius 3 is 2.73 bits per heavy atom. The SMILES string of the molecule is CN=C(NCCCCc1nc(C)cs1)NC1CN(C(=O)OC(C)(C)C)C1. The monoisotopic (exact) mass is 381 g/mol. The van der Waals surface area contributed by atoms with Crippen LogP contribution in [-0.2, 0) is 11.2 Å². The number of nitrogens with zero attached hydrogens (tertiary/aromatic N) is 3. The van der Waals surface area contributed by atoms with Crippen molar-refractivity contribution in [2.45, 2.75) is 58.6 Å². The number of carbonyl (C=O) groups excluding carboxylic acids is 1. The normalized spacial score (nSPS) is 15.6. The number of hydrogen-bond donors (Lipinski definition) is 2. The summed E-state index contributed by atoms with van der Waals surface area (Å²) in [6.45, 7) is 9.80. The molecular formula is C18H31N5O2S. The minimum absolute atomic E-state index is 0.215. The summed E-state index contributed by atoms with van der Waals surface area (Å²) in [7, 11) is 1.76. The number of hydrogen-bond acceptors (Lipinski definition) is 5. The number of aliphatic imine (C=N–C) groups is 1. The first-order valence-electron chi connectivity index (χ1n) is 9.13. The Morgan fingerprint density at radius 2 is 2.15 bits per heavy atom. The molecule has 1 aromatic rings. The molecule has 0 unspecified atom stereocenters. The minimum atomic E-state index is -0.454. The third-order valence-corrected chi connectivity index (χ3v) is 4.90. The zero-order valence-electron chi connectivity index (χ0n) is 16.5. The highest BCUT2D eigenvalue weighted by atomic mass is 32.1. The molecule has 0 saturated carbocycles. The highest BCUT2D eigenvalue weighted by Crippen LogP contribution is 2.15. The largest absolute Gasteiger partial charge is 0.444 e. The molecule has 0 aliphatic carbocycles. The van der Waals surface area contributed by atoms with E-state index in [0.29, 0.717) is 13.1 Å². The van der Waals surface area contributed by atoms with Crippen molar-refractivity contribution < 1.29 is 9.53 Å². The fourth-order valence-corrected chi connectivity index (χ4v) is 3.38. The molecule has 1 saturated heterocycles. The van der Waals surface area contributed by atoms with Crippen LogP contribution in [0.2, 0.25) is 0 Å². The predicted molar refractivity (Wildman–Crippen MR) is 106 cm³/mol. The van der Waals surface area contributed by atoms with E-state index in [1.807, 2.05) is 27.7 Å². The van der Waals surface area contributed by atoms with Gasteiger partial charge in [0.2, 0.25) is 0 Å². The Kier molecular flexibility index (Phi) is 7.25. The Bertz CT molecular complexity index is 617. The molecule has 0 aromatic carbocycles. The van der Waals surface area contributed by atoms with Crippen LogP contribution in [0, 0.1) is 6.92 Å². The van der Waals surface area contributed by atoms with Crippen LogP contribution in [0.3, 0.4) is 0 Å². The second-order valence-corrected chi connectivity index (χ2v) is 8.51. The molecule has 1 fully saturated rings. The van der Waals surface area contributed by atoms with Gasteiger partial charge in [0.1, 0.15) is 5.60 Å². The van der Waals surface area contributed by atoms with Crippen LogP contribution in [0.5, 0.6) is 0 Å². The molecule has 0 radical (unpaired) electrons. The number of thiazole rings is 1. The summed E-state index contributed by atoms with van der Waals surface area (Å²) < 4.78 is 5.36. The van der Waals surface area contributed by atoms with Gasteiger partial charge in [-0.05, 0) is 47.0 Å². The topological polar surface area (TPSA) is 78.9 Å². The molecule has 146 valence electrons. The minimum Gasteiger partial charge on any atom is -0.444 e. The van der Waals surface area contributed by atoms with Crippen molar-refractivity contribution in [1.29, 1.82) is 0 Å². The van der Waals surface area contributed by atoms with E-state index >= 15 is 0 Å². The molecule has 26 heavy (non-hydrogen) atoms. The molecule has 0 spiro atoms. The van der Waals surface area contributed by atoms with Gasteiger partial charge in [0.05, 0.1) is 11.0 Å².